The molecule has 1 aromatic rings. The summed E-state index contributed by atoms with van der Waals surface area (Å²) in [5.74, 6) is 0.884. The number of aliphatic hydroxyl groups excluding tert-OH is 1. The zero-order valence-corrected chi connectivity index (χ0v) is 14.2. The van der Waals surface area contributed by atoms with Crippen LogP contribution in [0.5, 0.6) is 5.75 Å². The maximum absolute atomic E-state index is 11.5. The van der Waals surface area contributed by atoms with Crippen molar-refractivity contribution >= 4 is 11.9 Å². The average Bonchev–Trinajstić information content (AvgIpc) is 2.51. The van der Waals surface area contributed by atoms with Gasteiger partial charge in [0.05, 0.1) is 24.3 Å². The van der Waals surface area contributed by atoms with Crippen molar-refractivity contribution in [3.63, 3.8) is 0 Å². The molecule has 2 atom stereocenters. The molecule has 0 saturated heterocycles. The van der Waals surface area contributed by atoms with E-state index < -0.39 is 23.8 Å². The van der Waals surface area contributed by atoms with Gasteiger partial charge in [-0.25, -0.2) is 4.79 Å². The van der Waals surface area contributed by atoms with Gasteiger partial charge in [-0.2, -0.15) is 10.3 Å². The first-order chi connectivity index (χ1) is 11.3. The number of hydrogen-bond donors (Lipinski definition) is 2. The van der Waals surface area contributed by atoms with Crippen LogP contribution in [0.15, 0.2) is 23.2 Å². The second-order valence-electron chi connectivity index (χ2n) is 6.03. The number of nitriles is 1. The Bertz CT molecular complexity index is 706. The molecule has 0 bridgehead atoms. The lowest BCUT2D eigenvalue weighted by Gasteiger charge is -2.42. The van der Waals surface area contributed by atoms with Crippen molar-refractivity contribution in [1.82, 2.24) is 5.32 Å². The first-order valence-electron chi connectivity index (χ1n) is 7.68. The summed E-state index contributed by atoms with van der Waals surface area (Å²) in [6, 6.07) is 6.51. The number of fused-ring (bicyclic) bond motifs is 1. The van der Waals surface area contributed by atoms with Crippen LogP contribution in [0, 0.1) is 11.3 Å². The molecule has 128 valence electrons. The molecule has 0 radical (unpaired) electrons. The molecule has 0 saturated carbocycles. The van der Waals surface area contributed by atoms with E-state index in [1.165, 1.54) is 0 Å². The molecular formula is C17H21N3O4. The van der Waals surface area contributed by atoms with Crippen LogP contribution in [0.3, 0.4) is 0 Å². The van der Waals surface area contributed by atoms with Crippen molar-refractivity contribution in [3.05, 3.63) is 29.3 Å². The molecule has 7 nitrogen and oxygen atoms in total. The van der Waals surface area contributed by atoms with Crippen molar-refractivity contribution < 1.29 is 19.4 Å². The van der Waals surface area contributed by atoms with Crippen LogP contribution in [0.25, 0.3) is 0 Å². The van der Waals surface area contributed by atoms with Gasteiger partial charge in [0.1, 0.15) is 23.3 Å². The molecule has 0 aliphatic carbocycles. The second-order valence-corrected chi connectivity index (χ2v) is 6.03. The Morgan fingerprint density at radius 3 is 2.88 bits per heavy atom. The fourth-order valence-electron chi connectivity index (χ4n) is 2.58. The number of aliphatic imine (C=N–C) groups is 1. The van der Waals surface area contributed by atoms with Gasteiger partial charge in [-0.15, -0.1) is 0 Å². The van der Waals surface area contributed by atoms with Gasteiger partial charge in [-0.1, -0.05) is 0 Å². The molecule has 1 heterocycles. The van der Waals surface area contributed by atoms with Gasteiger partial charge in [-0.3, -0.25) is 0 Å². The molecule has 1 aliphatic heterocycles. The maximum Gasteiger partial charge on any atom is 0.435 e. The van der Waals surface area contributed by atoms with Crippen molar-refractivity contribution in [1.29, 1.82) is 5.26 Å². The lowest BCUT2D eigenvalue weighted by atomic mass is 9.86. The minimum atomic E-state index is -0.911. The van der Waals surface area contributed by atoms with Crippen LogP contribution in [-0.2, 0) is 4.74 Å². The topological polar surface area (TPSA) is 104 Å². The van der Waals surface area contributed by atoms with Crippen molar-refractivity contribution in [2.75, 3.05) is 6.61 Å². The number of amides is 1. The van der Waals surface area contributed by atoms with E-state index in [0.717, 1.165) is 0 Å². The highest BCUT2D eigenvalue weighted by molar-refractivity contribution is 5.90. The number of nitrogens with zero attached hydrogens (tertiary/aromatic N) is 2. The number of benzene rings is 1. The molecular weight excluding hydrogens is 310 g/mol. The van der Waals surface area contributed by atoms with Gasteiger partial charge in [0, 0.05) is 5.56 Å². The van der Waals surface area contributed by atoms with Crippen molar-refractivity contribution in [2.24, 2.45) is 4.99 Å². The number of amidine groups is 1. The largest absolute Gasteiger partial charge is 0.485 e. The summed E-state index contributed by atoms with van der Waals surface area (Å²) < 4.78 is 10.6. The molecule has 0 fully saturated rings. The molecule has 7 heteroatoms. The number of nitrogens with one attached hydrogen (secondary N) is 1. The van der Waals surface area contributed by atoms with Gasteiger partial charge in [-0.05, 0) is 45.9 Å². The standard InChI is InChI=1S/C17H21N3O4/c1-5-23-16(22)20-10(2)19-14-12-8-11(9-18)6-7-13(12)24-17(3,4)15(14)21/h6-8,14-15,21H,5H2,1-4H3,(H,19,20,22)/t14-,15+/m1/s1. The molecule has 1 aromatic carbocycles. The third kappa shape index (κ3) is 3.66. The van der Waals surface area contributed by atoms with Crippen LogP contribution in [-0.4, -0.2) is 35.3 Å². The first kappa shape index (κ1) is 17.8. The van der Waals surface area contributed by atoms with E-state index >= 15 is 0 Å². The minimum Gasteiger partial charge on any atom is -0.485 e. The molecule has 0 unspecified atom stereocenters. The predicted molar refractivity (Wildman–Crippen MR) is 87.9 cm³/mol. The van der Waals surface area contributed by atoms with Gasteiger partial charge in [0.15, 0.2) is 0 Å². The van der Waals surface area contributed by atoms with E-state index in [-0.39, 0.29) is 6.61 Å². The fourth-order valence-corrected chi connectivity index (χ4v) is 2.58. The quantitative estimate of drug-likeness (QED) is 0.636. The Morgan fingerprint density at radius 1 is 1.54 bits per heavy atom. The average molecular weight is 331 g/mol. The number of hydrogen-bond acceptors (Lipinski definition) is 5. The monoisotopic (exact) mass is 331 g/mol. The zero-order valence-electron chi connectivity index (χ0n) is 14.2. The highest BCUT2D eigenvalue weighted by Gasteiger charge is 2.43. The van der Waals surface area contributed by atoms with Gasteiger partial charge >= 0.3 is 6.09 Å². The van der Waals surface area contributed by atoms with Crippen LogP contribution in [0.2, 0.25) is 0 Å². The zero-order chi connectivity index (χ0) is 17.9. The van der Waals surface area contributed by atoms with E-state index in [9.17, 15) is 9.90 Å². The fraction of sp³-hybridized carbons (Fsp3) is 0.471. The van der Waals surface area contributed by atoms with E-state index in [1.54, 1.807) is 45.9 Å². The maximum atomic E-state index is 11.5. The first-order valence-corrected chi connectivity index (χ1v) is 7.68. The summed E-state index contributed by atoms with van der Waals surface area (Å²) in [7, 11) is 0. The van der Waals surface area contributed by atoms with Gasteiger partial charge in [0.2, 0.25) is 0 Å². The minimum absolute atomic E-state index is 0.233. The van der Waals surface area contributed by atoms with Crippen molar-refractivity contribution in [2.45, 2.75) is 45.4 Å². The SMILES string of the molecule is CCOC(=O)N=C(C)N[C@@H]1c2cc(C#N)ccc2OC(C)(C)[C@H]1O. The van der Waals surface area contributed by atoms with Crippen LogP contribution in [0.4, 0.5) is 4.79 Å². The van der Waals surface area contributed by atoms with E-state index in [2.05, 4.69) is 16.4 Å². The summed E-state index contributed by atoms with van der Waals surface area (Å²) >= 11 is 0. The molecule has 2 N–H and O–H groups in total. The van der Waals surface area contributed by atoms with Gasteiger partial charge in [0.25, 0.3) is 0 Å². The van der Waals surface area contributed by atoms with E-state index in [4.69, 9.17) is 14.7 Å². The normalized spacial score (nSPS) is 21.9. The molecule has 2 rings (SSSR count). The number of rotatable bonds is 2. The van der Waals surface area contributed by atoms with E-state index in [0.29, 0.717) is 22.7 Å². The van der Waals surface area contributed by atoms with Crippen molar-refractivity contribution in [3.8, 4) is 11.8 Å². The second kappa shape index (κ2) is 6.89. The predicted octanol–water partition coefficient (Wildman–Crippen LogP) is 2.30. The Labute approximate surface area is 140 Å². The highest BCUT2D eigenvalue weighted by atomic mass is 16.5. The van der Waals surface area contributed by atoms with Crippen LogP contribution in [0.1, 0.15) is 44.9 Å². The lowest BCUT2D eigenvalue weighted by Crippen LogP contribution is -2.53. The Morgan fingerprint density at radius 2 is 2.25 bits per heavy atom. The summed E-state index contributed by atoms with van der Waals surface area (Å²) in [6.45, 7) is 7.08. The molecule has 0 aromatic heterocycles. The molecule has 1 aliphatic rings. The third-order valence-electron chi connectivity index (χ3n) is 3.77. The molecule has 24 heavy (non-hydrogen) atoms. The number of carbonyl (C=O) groups excluding carboxylic acids is 1. The van der Waals surface area contributed by atoms with E-state index in [1.807, 2.05) is 0 Å². The van der Waals surface area contributed by atoms with Crippen LogP contribution >= 0.6 is 0 Å². The number of ether oxygens (including phenoxy) is 2. The highest BCUT2D eigenvalue weighted by Crippen LogP contribution is 2.40. The Balaban J connectivity index is 2.37. The summed E-state index contributed by atoms with van der Waals surface area (Å²) in [6.07, 6.45) is -1.61. The van der Waals surface area contributed by atoms with Crippen LogP contribution < -0.4 is 10.1 Å². The van der Waals surface area contributed by atoms with Gasteiger partial charge < -0.3 is 19.9 Å². The number of aliphatic hydroxyl groups is 1. The summed E-state index contributed by atoms with van der Waals surface area (Å²) in [4.78, 5) is 15.3. The molecule has 0 spiro atoms. The Hall–Kier alpha value is -2.59. The summed E-state index contributed by atoms with van der Waals surface area (Å²) in [5, 5.41) is 22.8. The Kier molecular flexibility index (Phi) is 5.10. The molecule has 1 amide bonds. The lowest BCUT2D eigenvalue weighted by molar-refractivity contribution is -0.0610. The third-order valence-corrected chi connectivity index (χ3v) is 3.77. The smallest absolute Gasteiger partial charge is 0.435 e. The number of carbonyl (C=O) groups is 1. The summed E-state index contributed by atoms with van der Waals surface area (Å²) in [5.41, 5.74) is 0.249.